The fraction of sp³-hybridized carbons (Fsp3) is 0.857. The number of urea groups is 1. The number of likely N-dealkylation sites (tertiary alicyclic amines) is 2. The van der Waals surface area contributed by atoms with Gasteiger partial charge in [0.25, 0.3) is 0 Å². The Bertz CT molecular complexity index is 368. The van der Waals surface area contributed by atoms with E-state index in [0.717, 1.165) is 32.4 Å². The summed E-state index contributed by atoms with van der Waals surface area (Å²) >= 11 is 0. The summed E-state index contributed by atoms with van der Waals surface area (Å²) < 4.78 is 0. The summed E-state index contributed by atoms with van der Waals surface area (Å²) in [6, 6.07) is 0.0266. The van der Waals surface area contributed by atoms with Crippen LogP contribution < -0.4 is 0 Å². The molecule has 1 unspecified atom stereocenters. The van der Waals surface area contributed by atoms with E-state index in [1.807, 2.05) is 4.90 Å². The number of carboxylic acid groups (broad SMARTS) is 1. The quantitative estimate of drug-likeness (QED) is 0.791. The fourth-order valence-electron chi connectivity index (χ4n) is 3.14. The van der Waals surface area contributed by atoms with Crippen LogP contribution in [0.25, 0.3) is 0 Å². The van der Waals surface area contributed by atoms with Gasteiger partial charge in [-0.2, -0.15) is 0 Å². The lowest BCUT2D eigenvalue weighted by molar-refractivity contribution is -0.143. The van der Waals surface area contributed by atoms with Crippen molar-refractivity contribution in [3.05, 3.63) is 0 Å². The van der Waals surface area contributed by atoms with E-state index >= 15 is 0 Å². The van der Waals surface area contributed by atoms with Gasteiger partial charge in [0.1, 0.15) is 0 Å². The van der Waals surface area contributed by atoms with Crippen molar-refractivity contribution >= 4 is 12.0 Å². The maximum Gasteiger partial charge on any atom is 0.320 e. The van der Waals surface area contributed by atoms with E-state index in [1.54, 1.807) is 4.90 Å². The van der Waals surface area contributed by atoms with Crippen molar-refractivity contribution in [2.45, 2.75) is 39.5 Å². The van der Waals surface area contributed by atoms with Gasteiger partial charge in [-0.1, -0.05) is 13.8 Å². The molecule has 2 aliphatic rings. The molecule has 1 N–H and O–H groups in total. The van der Waals surface area contributed by atoms with Gasteiger partial charge in [-0.25, -0.2) is 4.79 Å². The van der Waals surface area contributed by atoms with E-state index in [-0.39, 0.29) is 11.4 Å². The van der Waals surface area contributed by atoms with Gasteiger partial charge in [0.05, 0.1) is 5.92 Å². The van der Waals surface area contributed by atoms with Crippen LogP contribution in [0.1, 0.15) is 39.5 Å². The molecule has 0 aromatic carbocycles. The topological polar surface area (TPSA) is 60.9 Å². The van der Waals surface area contributed by atoms with Crippen molar-refractivity contribution in [2.24, 2.45) is 11.3 Å². The minimum atomic E-state index is -0.781. The summed E-state index contributed by atoms with van der Waals surface area (Å²) in [5.74, 6) is -1.17. The molecule has 108 valence electrons. The van der Waals surface area contributed by atoms with Gasteiger partial charge >= 0.3 is 12.0 Å². The number of hydrogen-bond acceptors (Lipinski definition) is 2. The van der Waals surface area contributed by atoms with Crippen LogP contribution in [0.3, 0.4) is 0 Å². The van der Waals surface area contributed by atoms with Crippen LogP contribution in [0, 0.1) is 11.3 Å². The molecule has 0 spiro atoms. The van der Waals surface area contributed by atoms with Crippen molar-refractivity contribution in [1.82, 2.24) is 9.80 Å². The molecule has 0 aliphatic carbocycles. The van der Waals surface area contributed by atoms with E-state index in [0.29, 0.717) is 19.5 Å². The highest BCUT2D eigenvalue weighted by atomic mass is 16.4. The largest absolute Gasteiger partial charge is 0.481 e. The smallest absolute Gasteiger partial charge is 0.320 e. The maximum atomic E-state index is 12.5. The fourth-order valence-corrected chi connectivity index (χ4v) is 3.14. The summed E-state index contributed by atoms with van der Waals surface area (Å²) in [6.07, 6.45) is 3.66. The summed E-state index contributed by atoms with van der Waals surface area (Å²) in [4.78, 5) is 27.1. The van der Waals surface area contributed by atoms with E-state index in [1.165, 1.54) is 0 Å². The number of rotatable bonds is 1. The highest BCUT2D eigenvalue weighted by Crippen LogP contribution is 2.29. The molecule has 1 atom stereocenters. The molecule has 2 aliphatic heterocycles. The average molecular weight is 268 g/mol. The Kier molecular flexibility index (Phi) is 4.02. The molecule has 19 heavy (non-hydrogen) atoms. The highest BCUT2D eigenvalue weighted by molar-refractivity contribution is 5.76. The van der Waals surface area contributed by atoms with Gasteiger partial charge in [0, 0.05) is 26.2 Å². The van der Waals surface area contributed by atoms with Crippen LogP contribution in [-0.4, -0.2) is 53.1 Å². The zero-order valence-corrected chi connectivity index (χ0v) is 11.9. The summed E-state index contributed by atoms with van der Waals surface area (Å²) in [6.45, 7) is 7.01. The van der Waals surface area contributed by atoms with Crippen LogP contribution in [0.4, 0.5) is 4.79 Å². The molecular weight excluding hydrogens is 244 g/mol. The number of nitrogens with zero attached hydrogens (tertiary/aromatic N) is 2. The second-order valence-electron chi connectivity index (χ2n) is 6.60. The minimum Gasteiger partial charge on any atom is -0.481 e. The standard InChI is InChI=1S/C14H24N2O3/c1-14(2)6-4-8-16(10-14)13(19)15-7-3-5-11(9-15)12(17)18/h11H,3-10H2,1-2H3,(H,17,18). The Hall–Kier alpha value is -1.26. The molecule has 5 heteroatoms. The van der Waals surface area contributed by atoms with Crippen molar-refractivity contribution in [1.29, 1.82) is 0 Å². The van der Waals surface area contributed by atoms with E-state index < -0.39 is 11.9 Å². The number of amides is 2. The van der Waals surface area contributed by atoms with Crippen molar-refractivity contribution in [3.63, 3.8) is 0 Å². The van der Waals surface area contributed by atoms with Crippen LogP contribution in [-0.2, 0) is 4.79 Å². The molecule has 2 rings (SSSR count). The van der Waals surface area contributed by atoms with Crippen molar-refractivity contribution in [3.8, 4) is 0 Å². The van der Waals surface area contributed by atoms with E-state index in [4.69, 9.17) is 5.11 Å². The van der Waals surface area contributed by atoms with Gasteiger partial charge in [-0.3, -0.25) is 4.79 Å². The monoisotopic (exact) mass is 268 g/mol. The van der Waals surface area contributed by atoms with Crippen molar-refractivity contribution in [2.75, 3.05) is 26.2 Å². The minimum absolute atomic E-state index is 0.0266. The third kappa shape index (κ3) is 3.39. The number of aliphatic carboxylic acids is 1. The van der Waals surface area contributed by atoms with Gasteiger partial charge in [0.2, 0.25) is 0 Å². The molecule has 2 fully saturated rings. The Balaban J connectivity index is 1.97. The Morgan fingerprint density at radius 3 is 2.47 bits per heavy atom. The van der Waals surface area contributed by atoms with Gasteiger partial charge in [-0.05, 0) is 31.1 Å². The van der Waals surface area contributed by atoms with Crippen molar-refractivity contribution < 1.29 is 14.7 Å². The number of piperidine rings is 2. The lowest BCUT2D eigenvalue weighted by Crippen LogP contribution is -2.52. The molecule has 0 bridgehead atoms. The molecule has 0 saturated carbocycles. The summed E-state index contributed by atoms with van der Waals surface area (Å²) in [7, 11) is 0. The number of carbonyl (C=O) groups is 2. The lowest BCUT2D eigenvalue weighted by Gasteiger charge is -2.41. The normalized spacial score (nSPS) is 27.2. The number of hydrogen-bond donors (Lipinski definition) is 1. The first kappa shape index (κ1) is 14.2. The second-order valence-corrected chi connectivity index (χ2v) is 6.60. The average Bonchev–Trinajstić information content (AvgIpc) is 2.37. The van der Waals surface area contributed by atoms with E-state index in [9.17, 15) is 9.59 Å². The van der Waals surface area contributed by atoms with Crippen LogP contribution in [0.2, 0.25) is 0 Å². The van der Waals surface area contributed by atoms with E-state index in [2.05, 4.69) is 13.8 Å². The zero-order chi connectivity index (χ0) is 14.0. The molecule has 2 heterocycles. The van der Waals surface area contributed by atoms with Gasteiger partial charge in [-0.15, -0.1) is 0 Å². The summed E-state index contributed by atoms with van der Waals surface area (Å²) in [5, 5.41) is 9.08. The molecule has 2 saturated heterocycles. The zero-order valence-electron chi connectivity index (χ0n) is 11.9. The molecule has 2 amide bonds. The Labute approximate surface area is 114 Å². The van der Waals surface area contributed by atoms with Gasteiger partial charge < -0.3 is 14.9 Å². The van der Waals surface area contributed by atoms with Crippen LogP contribution in [0.15, 0.2) is 0 Å². The predicted octanol–water partition coefficient (Wildman–Crippen LogP) is 2.03. The molecule has 5 nitrogen and oxygen atoms in total. The number of carbonyl (C=O) groups excluding carboxylic acids is 1. The SMILES string of the molecule is CC1(C)CCCN(C(=O)N2CCCC(C(=O)O)C2)C1. The molecule has 0 aromatic heterocycles. The van der Waals surface area contributed by atoms with Crippen LogP contribution >= 0.6 is 0 Å². The summed E-state index contributed by atoms with van der Waals surface area (Å²) in [5.41, 5.74) is 0.176. The first-order chi connectivity index (χ1) is 8.89. The molecular formula is C14H24N2O3. The Morgan fingerprint density at radius 2 is 1.84 bits per heavy atom. The maximum absolute atomic E-state index is 12.5. The highest BCUT2D eigenvalue weighted by Gasteiger charge is 2.34. The predicted molar refractivity (Wildman–Crippen MR) is 71.9 cm³/mol. The van der Waals surface area contributed by atoms with Crippen LogP contribution in [0.5, 0.6) is 0 Å². The molecule has 0 aromatic rings. The molecule has 0 radical (unpaired) electrons. The first-order valence-corrected chi connectivity index (χ1v) is 7.16. The number of carboxylic acids is 1. The third-order valence-corrected chi connectivity index (χ3v) is 4.21. The second kappa shape index (κ2) is 5.39. The van der Waals surface area contributed by atoms with Gasteiger partial charge in [0.15, 0.2) is 0 Å². The lowest BCUT2D eigenvalue weighted by atomic mass is 9.84. The first-order valence-electron chi connectivity index (χ1n) is 7.16. The third-order valence-electron chi connectivity index (χ3n) is 4.21. The Morgan fingerprint density at radius 1 is 1.16 bits per heavy atom.